The highest BCUT2D eigenvalue weighted by molar-refractivity contribution is 7.89. The summed E-state index contributed by atoms with van der Waals surface area (Å²) >= 11 is 0. The summed E-state index contributed by atoms with van der Waals surface area (Å²) in [5.74, 6) is 0.171. The van der Waals surface area contributed by atoms with Gasteiger partial charge < -0.3 is 14.2 Å². The molecule has 9 heteroatoms. The second-order valence-electron chi connectivity index (χ2n) is 7.81. The molecule has 0 atom stereocenters. The summed E-state index contributed by atoms with van der Waals surface area (Å²) in [5.41, 5.74) is 0.681. The third-order valence-corrected chi connectivity index (χ3v) is 6.95. The van der Waals surface area contributed by atoms with Gasteiger partial charge in [-0.25, -0.2) is 13.1 Å². The molecule has 1 amide bonds. The van der Waals surface area contributed by atoms with Crippen LogP contribution in [0.3, 0.4) is 0 Å². The van der Waals surface area contributed by atoms with Crippen LogP contribution in [-0.2, 0) is 17.1 Å². The molecule has 0 spiro atoms. The number of carbonyl (C=O) groups excluding carboxylic acids is 1. The summed E-state index contributed by atoms with van der Waals surface area (Å²) in [4.78, 5) is 26.7. The molecule has 1 aliphatic rings. The van der Waals surface area contributed by atoms with Gasteiger partial charge in [0.05, 0.1) is 6.61 Å². The van der Waals surface area contributed by atoms with Gasteiger partial charge in [-0.05, 0) is 62.4 Å². The topological polar surface area (TPSA) is 97.7 Å². The van der Waals surface area contributed by atoms with Crippen molar-refractivity contribution >= 4 is 15.9 Å². The highest BCUT2D eigenvalue weighted by atomic mass is 32.2. The number of amides is 1. The van der Waals surface area contributed by atoms with Crippen LogP contribution in [0.1, 0.15) is 35.7 Å². The Labute approximate surface area is 182 Å². The number of carbonyl (C=O) groups is 1. The molecule has 0 radical (unpaired) electrons. The van der Waals surface area contributed by atoms with Gasteiger partial charge in [0.1, 0.15) is 16.2 Å². The monoisotopic (exact) mass is 447 g/mol. The molecule has 31 heavy (non-hydrogen) atoms. The number of hydrogen-bond donors (Lipinski definition) is 1. The molecule has 2 aromatic rings. The lowest BCUT2D eigenvalue weighted by atomic mass is 9.97. The maximum Gasteiger partial charge on any atom is 0.263 e. The van der Waals surface area contributed by atoms with E-state index in [0.29, 0.717) is 38.3 Å². The normalized spacial score (nSPS) is 15.1. The van der Waals surface area contributed by atoms with Crippen LogP contribution in [0.15, 0.2) is 46.2 Å². The van der Waals surface area contributed by atoms with Crippen LogP contribution in [0.5, 0.6) is 5.75 Å². The van der Waals surface area contributed by atoms with Gasteiger partial charge in [-0.1, -0.05) is 6.07 Å². The number of piperidine rings is 1. The molecule has 0 unspecified atom stereocenters. The fraction of sp³-hybridized carbons (Fsp3) is 0.455. The molecular weight excluding hydrogens is 418 g/mol. The molecular formula is C22H29N3O5S. The number of rotatable bonds is 7. The third-order valence-electron chi connectivity index (χ3n) is 5.51. The summed E-state index contributed by atoms with van der Waals surface area (Å²) in [6.07, 6.45) is 2.93. The molecule has 2 heterocycles. The van der Waals surface area contributed by atoms with Gasteiger partial charge in [-0.3, -0.25) is 9.59 Å². The zero-order valence-electron chi connectivity index (χ0n) is 18.1. The smallest absolute Gasteiger partial charge is 0.263 e. The van der Waals surface area contributed by atoms with Crippen molar-refractivity contribution in [1.82, 2.24) is 14.2 Å². The number of ether oxygens (including phenoxy) is 1. The van der Waals surface area contributed by atoms with Crippen LogP contribution in [0.4, 0.5) is 0 Å². The lowest BCUT2D eigenvalue weighted by Crippen LogP contribution is -2.43. The Morgan fingerprint density at radius 3 is 2.61 bits per heavy atom. The quantitative estimate of drug-likeness (QED) is 0.699. The van der Waals surface area contributed by atoms with Gasteiger partial charge in [-0.2, -0.15) is 0 Å². The predicted octanol–water partition coefficient (Wildman–Crippen LogP) is 1.92. The van der Waals surface area contributed by atoms with Crippen LogP contribution in [-0.4, -0.2) is 50.0 Å². The molecule has 0 saturated carbocycles. The Morgan fingerprint density at radius 2 is 1.94 bits per heavy atom. The van der Waals surface area contributed by atoms with E-state index in [4.69, 9.17) is 4.74 Å². The minimum absolute atomic E-state index is 0.109. The number of nitrogens with zero attached hydrogens (tertiary/aromatic N) is 2. The van der Waals surface area contributed by atoms with Crippen molar-refractivity contribution in [2.45, 2.75) is 31.6 Å². The Bertz CT molecular complexity index is 1100. The van der Waals surface area contributed by atoms with E-state index in [-0.39, 0.29) is 34.4 Å². The largest absolute Gasteiger partial charge is 0.492 e. The van der Waals surface area contributed by atoms with Crippen LogP contribution in [0.2, 0.25) is 0 Å². The number of benzene rings is 1. The zero-order chi connectivity index (χ0) is 22.6. The molecule has 8 nitrogen and oxygen atoms in total. The van der Waals surface area contributed by atoms with Crippen molar-refractivity contribution in [3.8, 4) is 5.75 Å². The van der Waals surface area contributed by atoms with Crippen LogP contribution in [0.25, 0.3) is 0 Å². The average Bonchev–Trinajstić information content (AvgIpc) is 2.75. The van der Waals surface area contributed by atoms with Gasteiger partial charge in [0.25, 0.3) is 11.5 Å². The van der Waals surface area contributed by atoms with E-state index in [9.17, 15) is 18.0 Å². The summed E-state index contributed by atoms with van der Waals surface area (Å²) in [5, 5.41) is 0. The molecule has 0 aliphatic carbocycles. The molecule has 1 aromatic carbocycles. The van der Waals surface area contributed by atoms with Crippen molar-refractivity contribution < 1.29 is 17.9 Å². The molecule has 1 aromatic heterocycles. The highest BCUT2D eigenvalue weighted by Crippen LogP contribution is 2.26. The molecule has 1 aliphatic heterocycles. The first-order chi connectivity index (χ1) is 14.7. The lowest BCUT2D eigenvalue weighted by molar-refractivity contribution is 0.0689. The first-order valence-electron chi connectivity index (χ1n) is 10.4. The second-order valence-corrected chi connectivity index (χ2v) is 9.54. The predicted molar refractivity (Wildman–Crippen MR) is 118 cm³/mol. The summed E-state index contributed by atoms with van der Waals surface area (Å²) in [6.45, 7) is 5.28. The lowest BCUT2D eigenvalue weighted by Gasteiger charge is -2.32. The number of hydrogen-bond acceptors (Lipinski definition) is 5. The Morgan fingerprint density at radius 1 is 1.23 bits per heavy atom. The first kappa shape index (κ1) is 23.0. The number of likely N-dealkylation sites (tertiary alicyclic amines) is 1. The van der Waals surface area contributed by atoms with Gasteiger partial charge in [0.2, 0.25) is 10.0 Å². The average molecular weight is 448 g/mol. The second kappa shape index (κ2) is 9.65. The summed E-state index contributed by atoms with van der Waals surface area (Å²) in [6, 6.07) is 8.32. The third kappa shape index (κ3) is 5.34. The molecule has 1 saturated heterocycles. The van der Waals surface area contributed by atoms with Gasteiger partial charge in [0, 0.05) is 32.9 Å². The van der Waals surface area contributed by atoms with Crippen molar-refractivity contribution in [2.75, 3.05) is 26.2 Å². The van der Waals surface area contributed by atoms with E-state index in [1.807, 2.05) is 19.9 Å². The van der Waals surface area contributed by atoms with Crippen LogP contribution >= 0.6 is 0 Å². The van der Waals surface area contributed by atoms with E-state index in [2.05, 4.69) is 4.72 Å². The van der Waals surface area contributed by atoms with E-state index >= 15 is 0 Å². The van der Waals surface area contributed by atoms with Crippen LogP contribution in [0, 0.1) is 12.8 Å². The summed E-state index contributed by atoms with van der Waals surface area (Å²) < 4.78 is 35.3. The number of aromatic nitrogens is 1. The minimum atomic E-state index is -3.72. The van der Waals surface area contributed by atoms with E-state index in [1.54, 1.807) is 42.4 Å². The van der Waals surface area contributed by atoms with Crippen molar-refractivity contribution in [3.05, 3.63) is 58.0 Å². The SMILES string of the molecule is CCOc1ccc(C)cc1S(=O)(=O)NCC1CCN(C(=O)c2cccn(C)c2=O)CC1. The summed E-state index contributed by atoms with van der Waals surface area (Å²) in [7, 11) is -2.10. The molecule has 3 rings (SSSR count). The zero-order valence-corrected chi connectivity index (χ0v) is 18.9. The highest BCUT2D eigenvalue weighted by Gasteiger charge is 2.27. The number of nitrogens with one attached hydrogen (secondary N) is 1. The fourth-order valence-electron chi connectivity index (χ4n) is 3.68. The van der Waals surface area contributed by atoms with Gasteiger partial charge in [0.15, 0.2) is 0 Å². The Kier molecular flexibility index (Phi) is 7.17. The van der Waals surface area contributed by atoms with E-state index in [0.717, 1.165) is 5.56 Å². The van der Waals surface area contributed by atoms with Crippen molar-refractivity contribution in [1.29, 1.82) is 0 Å². The molecule has 0 bridgehead atoms. The Balaban J connectivity index is 1.60. The molecule has 168 valence electrons. The Hall–Kier alpha value is -2.65. The fourth-order valence-corrected chi connectivity index (χ4v) is 5.02. The number of sulfonamides is 1. The maximum absolute atomic E-state index is 12.9. The minimum Gasteiger partial charge on any atom is -0.492 e. The van der Waals surface area contributed by atoms with E-state index < -0.39 is 10.0 Å². The van der Waals surface area contributed by atoms with Crippen LogP contribution < -0.4 is 15.0 Å². The molecule has 1 N–H and O–H groups in total. The number of aryl methyl sites for hydroxylation is 2. The maximum atomic E-state index is 12.9. The van der Waals surface area contributed by atoms with Crippen molar-refractivity contribution in [3.63, 3.8) is 0 Å². The standard InChI is InChI=1S/C22H29N3O5S/c1-4-30-19-8-7-16(2)14-20(19)31(28,29)23-15-17-9-12-25(13-10-17)22(27)18-6-5-11-24(3)21(18)26/h5-8,11,14,17,23H,4,9-10,12-13,15H2,1-3H3. The van der Waals surface area contributed by atoms with Gasteiger partial charge >= 0.3 is 0 Å². The van der Waals surface area contributed by atoms with E-state index in [1.165, 1.54) is 4.57 Å². The van der Waals surface area contributed by atoms with Gasteiger partial charge in [-0.15, -0.1) is 0 Å². The first-order valence-corrected chi connectivity index (χ1v) is 11.9. The van der Waals surface area contributed by atoms with Crippen molar-refractivity contribution in [2.24, 2.45) is 13.0 Å². The number of pyridine rings is 1. The molecule has 1 fully saturated rings.